The topological polar surface area (TPSA) is 107 Å². The number of pyridine rings is 2. The summed E-state index contributed by atoms with van der Waals surface area (Å²) in [7, 11) is 0. The minimum absolute atomic E-state index is 0.0324. The van der Waals surface area contributed by atoms with E-state index in [4.69, 9.17) is 10.2 Å². The highest BCUT2D eigenvalue weighted by Gasteiger charge is 2.19. The van der Waals surface area contributed by atoms with Crippen LogP contribution in [0, 0.1) is 6.92 Å². The molecule has 21 heavy (non-hydrogen) atoms. The lowest BCUT2D eigenvalue weighted by molar-refractivity contribution is 0.0683. The van der Waals surface area contributed by atoms with E-state index in [1.165, 1.54) is 11.1 Å². The second-order valence-corrected chi connectivity index (χ2v) is 4.62. The van der Waals surface area contributed by atoms with Crippen molar-refractivity contribution in [2.75, 3.05) is 26.3 Å². The molecule has 0 saturated carbocycles. The van der Waals surface area contributed by atoms with Crippen molar-refractivity contribution >= 4 is 16.9 Å². The maximum absolute atomic E-state index is 12.4. The van der Waals surface area contributed by atoms with Crippen LogP contribution in [0.5, 0.6) is 0 Å². The van der Waals surface area contributed by atoms with E-state index in [1.807, 2.05) is 0 Å². The van der Waals surface area contributed by atoms with E-state index >= 15 is 0 Å². The Morgan fingerprint density at radius 1 is 1.29 bits per heavy atom. The Kier molecular flexibility index (Phi) is 4.66. The van der Waals surface area contributed by atoms with Crippen molar-refractivity contribution in [1.29, 1.82) is 0 Å². The van der Waals surface area contributed by atoms with Crippen molar-refractivity contribution in [3.63, 3.8) is 0 Å². The number of aromatic nitrogens is 2. The van der Waals surface area contributed by atoms with Crippen LogP contribution in [-0.2, 0) is 0 Å². The average molecular weight is 291 g/mol. The zero-order chi connectivity index (χ0) is 15.4. The highest BCUT2D eigenvalue weighted by molar-refractivity contribution is 5.96. The van der Waals surface area contributed by atoms with Crippen molar-refractivity contribution in [2.24, 2.45) is 0 Å². The van der Waals surface area contributed by atoms with Gasteiger partial charge in [0.1, 0.15) is 11.2 Å². The molecule has 2 rings (SSSR count). The Morgan fingerprint density at radius 2 is 1.95 bits per heavy atom. The Bertz CT molecular complexity index is 705. The smallest absolute Gasteiger partial charge is 0.259 e. The summed E-state index contributed by atoms with van der Waals surface area (Å²) in [4.78, 5) is 32.9. The van der Waals surface area contributed by atoms with Crippen molar-refractivity contribution in [3.05, 3.63) is 39.8 Å². The van der Waals surface area contributed by atoms with Crippen LogP contribution in [0.4, 0.5) is 0 Å². The monoisotopic (exact) mass is 291 g/mol. The Hall–Kier alpha value is -2.25. The minimum atomic E-state index is -0.526. The van der Waals surface area contributed by atoms with Crippen molar-refractivity contribution < 1.29 is 15.0 Å². The molecular formula is C14H17N3O4. The second kappa shape index (κ2) is 6.47. The standard InChI is InChI=1S/C14H17N3O4/c1-9-2-3-10-12(20)11(8-15-13(10)16-9)14(21)17(4-6-18)5-7-19/h2-3,8,18-19H,4-7H2,1H3,(H,15,16,20). The first-order valence-corrected chi connectivity index (χ1v) is 6.58. The van der Waals surface area contributed by atoms with E-state index in [0.29, 0.717) is 11.0 Å². The molecule has 7 nitrogen and oxygen atoms in total. The van der Waals surface area contributed by atoms with Crippen LogP contribution in [0.25, 0.3) is 11.0 Å². The van der Waals surface area contributed by atoms with Crippen LogP contribution in [0.2, 0.25) is 0 Å². The third-order valence-electron chi connectivity index (χ3n) is 3.13. The molecule has 2 heterocycles. The molecule has 2 aromatic rings. The molecule has 0 aliphatic rings. The van der Waals surface area contributed by atoms with E-state index in [0.717, 1.165) is 5.69 Å². The molecule has 0 aliphatic carbocycles. The third-order valence-corrected chi connectivity index (χ3v) is 3.13. The number of aromatic amines is 1. The molecule has 0 aliphatic heterocycles. The molecule has 0 unspecified atom stereocenters. The van der Waals surface area contributed by atoms with E-state index < -0.39 is 11.3 Å². The van der Waals surface area contributed by atoms with Gasteiger partial charge < -0.3 is 20.1 Å². The molecule has 0 saturated heterocycles. The van der Waals surface area contributed by atoms with Crippen LogP contribution in [0.3, 0.4) is 0 Å². The van der Waals surface area contributed by atoms with Crippen LogP contribution < -0.4 is 5.43 Å². The van der Waals surface area contributed by atoms with Gasteiger partial charge in [-0.05, 0) is 19.1 Å². The number of hydrogen-bond donors (Lipinski definition) is 3. The zero-order valence-corrected chi connectivity index (χ0v) is 11.7. The number of amides is 1. The molecule has 0 fully saturated rings. The Labute approximate surface area is 120 Å². The SMILES string of the molecule is Cc1ccc2c(=O)c(C(=O)N(CCO)CCO)c[nH]c2n1. The van der Waals surface area contributed by atoms with Crippen molar-refractivity contribution in [3.8, 4) is 0 Å². The van der Waals surface area contributed by atoms with Gasteiger partial charge in [-0.2, -0.15) is 0 Å². The van der Waals surface area contributed by atoms with Gasteiger partial charge in [0.25, 0.3) is 5.91 Å². The number of aryl methyl sites for hydroxylation is 1. The van der Waals surface area contributed by atoms with Crippen LogP contribution in [-0.4, -0.2) is 57.3 Å². The lowest BCUT2D eigenvalue weighted by atomic mass is 10.1. The maximum Gasteiger partial charge on any atom is 0.259 e. The molecule has 0 bridgehead atoms. The number of carbonyl (C=O) groups is 1. The summed E-state index contributed by atoms with van der Waals surface area (Å²) >= 11 is 0. The number of aliphatic hydroxyl groups excluding tert-OH is 2. The van der Waals surface area contributed by atoms with Crippen LogP contribution >= 0.6 is 0 Å². The number of nitrogens with one attached hydrogen (secondary N) is 1. The van der Waals surface area contributed by atoms with Crippen molar-refractivity contribution in [1.82, 2.24) is 14.9 Å². The highest BCUT2D eigenvalue weighted by Crippen LogP contribution is 2.08. The van der Waals surface area contributed by atoms with Crippen LogP contribution in [0.15, 0.2) is 23.1 Å². The van der Waals surface area contributed by atoms with Crippen molar-refractivity contribution in [2.45, 2.75) is 6.92 Å². The number of H-pyrrole nitrogens is 1. The minimum Gasteiger partial charge on any atom is -0.395 e. The first kappa shape index (κ1) is 15.1. The molecule has 0 spiro atoms. The normalized spacial score (nSPS) is 10.8. The maximum atomic E-state index is 12.4. The molecule has 2 aromatic heterocycles. The highest BCUT2D eigenvalue weighted by atomic mass is 16.3. The molecule has 0 aromatic carbocycles. The zero-order valence-electron chi connectivity index (χ0n) is 11.7. The second-order valence-electron chi connectivity index (χ2n) is 4.62. The molecule has 0 radical (unpaired) electrons. The fourth-order valence-electron chi connectivity index (χ4n) is 2.09. The summed E-state index contributed by atoms with van der Waals surface area (Å²) in [5.41, 5.74) is 0.740. The molecule has 112 valence electrons. The largest absolute Gasteiger partial charge is 0.395 e. The predicted molar refractivity (Wildman–Crippen MR) is 77.2 cm³/mol. The fourth-order valence-corrected chi connectivity index (χ4v) is 2.09. The summed E-state index contributed by atoms with van der Waals surface area (Å²) < 4.78 is 0. The first-order valence-electron chi connectivity index (χ1n) is 6.58. The van der Waals surface area contributed by atoms with E-state index in [2.05, 4.69) is 9.97 Å². The van der Waals surface area contributed by atoms with Gasteiger partial charge in [-0.15, -0.1) is 0 Å². The first-order chi connectivity index (χ1) is 10.1. The quantitative estimate of drug-likeness (QED) is 0.698. The van der Waals surface area contributed by atoms with Gasteiger partial charge in [-0.3, -0.25) is 9.59 Å². The van der Waals surface area contributed by atoms with Gasteiger partial charge in [0.2, 0.25) is 5.43 Å². The molecule has 7 heteroatoms. The fraction of sp³-hybridized carbons (Fsp3) is 0.357. The third kappa shape index (κ3) is 3.09. The van der Waals surface area contributed by atoms with E-state index in [-0.39, 0.29) is 31.9 Å². The molecule has 3 N–H and O–H groups in total. The summed E-state index contributed by atoms with van der Waals surface area (Å²) in [5.74, 6) is -0.526. The summed E-state index contributed by atoms with van der Waals surface area (Å²) in [6.07, 6.45) is 1.32. The lowest BCUT2D eigenvalue weighted by Crippen LogP contribution is -2.38. The van der Waals surface area contributed by atoms with E-state index in [9.17, 15) is 9.59 Å². The van der Waals surface area contributed by atoms with Gasteiger partial charge in [0.15, 0.2) is 0 Å². The number of carbonyl (C=O) groups excluding carboxylic acids is 1. The predicted octanol–water partition coefficient (Wildman–Crippen LogP) is -0.342. The Balaban J connectivity index is 2.46. The summed E-state index contributed by atoms with van der Waals surface area (Å²) in [6, 6.07) is 3.32. The molecular weight excluding hydrogens is 274 g/mol. The average Bonchev–Trinajstić information content (AvgIpc) is 2.46. The number of rotatable bonds is 5. The van der Waals surface area contributed by atoms with E-state index in [1.54, 1.807) is 19.1 Å². The van der Waals surface area contributed by atoms with Crippen LogP contribution in [0.1, 0.15) is 16.1 Å². The summed E-state index contributed by atoms with van der Waals surface area (Å²) in [5, 5.41) is 18.3. The number of hydrogen-bond acceptors (Lipinski definition) is 5. The van der Waals surface area contributed by atoms with Gasteiger partial charge >= 0.3 is 0 Å². The summed E-state index contributed by atoms with van der Waals surface area (Å²) in [6.45, 7) is 1.45. The number of nitrogens with zero attached hydrogens (tertiary/aromatic N) is 2. The van der Waals surface area contributed by atoms with Gasteiger partial charge in [0.05, 0.1) is 18.6 Å². The number of aliphatic hydroxyl groups is 2. The van der Waals surface area contributed by atoms with Gasteiger partial charge in [-0.25, -0.2) is 4.98 Å². The van der Waals surface area contributed by atoms with Gasteiger partial charge in [0, 0.05) is 25.0 Å². The lowest BCUT2D eigenvalue weighted by Gasteiger charge is -2.20. The van der Waals surface area contributed by atoms with Gasteiger partial charge in [-0.1, -0.05) is 0 Å². The number of fused-ring (bicyclic) bond motifs is 1. The Morgan fingerprint density at radius 3 is 2.57 bits per heavy atom. The molecule has 0 atom stereocenters. The molecule has 1 amide bonds.